The highest BCUT2D eigenvalue weighted by Crippen LogP contribution is 2.22. The number of hydrogen-bond donors (Lipinski definition) is 1. The molecule has 0 bridgehead atoms. The second-order valence-electron chi connectivity index (χ2n) is 3.98. The third-order valence-electron chi connectivity index (χ3n) is 2.24. The van der Waals surface area contributed by atoms with Gasteiger partial charge in [0.2, 0.25) is 5.82 Å². The van der Waals surface area contributed by atoms with Crippen molar-refractivity contribution in [3.05, 3.63) is 20.8 Å². The van der Waals surface area contributed by atoms with Gasteiger partial charge in [-0.15, -0.1) is 5.10 Å². The molecule has 0 spiro atoms. The summed E-state index contributed by atoms with van der Waals surface area (Å²) in [4.78, 5) is 22.9. The first kappa shape index (κ1) is 14.3. The van der Waals surface area contributed by atoms with Gasteiger partial charge in [-0.2, -0.15) is 13.2 Å². The Balaban J connectivity index is 3.00. The van der Waals surface area contributed by atoms with Gasteiger partial charge in [-0.3, -0.25) is 9.36 Å². The molecule has 0 amide bonds. The Morgan fingerprint density at radius 1 is 1.33 bits per heavy atom. The van der Waals surface area contributed by atoms with Crippen LogP contribution < -0.4 is 16.6 Å². The monoisotopic (exact) mass is 266 g/mol. The van der Waals surface area contributed by atoms with Crippen LogP contribution in [-0.4, -0.2) is 26.6 Å². The van der Waals surface area contributed by atoms with Crippen LogP contribution in [0.1, 0.15) is 13.3 Å². The van der Waals surface area contributed by atoms with Crippen molar-refractivity contribution in [2.45, 2.75) is 25.6 Å². The third kappa shape index (κ3) is 3.34. The zero-order valence-corrected chi connectivity index (χ0v) is 10.1. The largest absolute Gasteiger partial charge is 0.391 e. The van der Waals surface area contributed by atoms with Crippen LogP contribution in [0.4, 0.5) is 19.0 Å². The molecule has 0 aromatic carbocycles. The molecule has 1 unspecified atom stereocenters. The fraction of sp³-hybridized carbons (Fsp3) is 0.667. The Labute approximate surface area is 100 Å². The van der Waals surface area contributed by atoms with Crippen LogP contribution in [0.5, 0.6) is 0 Å². The highest BCUT2D eigenvalue weighted by molar-refractivity contribution is 5.30. The van der Waals surface area contributed by atoms with Gasteiger partial charge in [-0.1, -0.05) is 0 Å². The van der Waals surface area contributed by atoms with Crippen LogP contribution >= 0.6 is 0 Å². The first-order valence-electron chi connectivity index (χ1n) is 5.09. The van der Waals surface area contributed by atoms with Crippen LogP contribution in [0.25, 0.3) is 0 Å². The predicted octanol–water partition coefficient (Wildman–Crippen LogP) is 0.232. The van der Waals surface area contributed by atoms with E-state index in [-0.39, 0.29) is 5.82 Å². The van der Waals surface area contributed by atoms with Gasteiger partial charge in [0.25, 0.3) is 5.56 Å². The van der Waals surface area contributed by atoms with Gasteiger partial charge in [-0.25, -0.2) is 9.48 Å². The van der Waals surface area contributed by atoms with E-state index in [4.69, 9.17) is 0 Å². The molecule has 1 rings (SSSR count). The second kappa shape index (κ2) is 4.83. The van der Waals surface area contributed by atoms with Crippen LogP contribution in [0, 0.1) is 0 Å². The van der Waals surface area contributed by atoms with Gasteiger partial charge >= 0.3 is 11.9 Å². The van der Waals surface area contributed by atoms with Crippen molar-refractivity contribution in [1.82, 2.24) is 14.3 Å². The van der Waals surface area contributed by atoms with E-state index in [0.29, 0.717) is 0 Å². The Bertz CT molecular complexity index is 546. The Morgan fingerprint density at radius 2 is 1.89 bits per heavy atom. The molecule has 0 fully saturated rings. The molecular weight excluding hydrogens is 253 g/mol. The Morgan fingerprint density at radius 3 is 2.39 bits per heavy atom. The lowest BCUT2D eigenvalue weighted by Gasteiger charge is -2.16. The minimum atomic E-state index is -4.34. The lowest BCUT2D eigenvalue weighted by Crippen LogP contribution is -2.41. The summed E-state index contributed by atoms with van der Waals surface area (Å²) in [7, 11) is 2.54. The molecule has 0 saturated carbocycles. The first-order chi connectivity index (χ1) is 8.11. The van der Waals surface area contributed by atoms with Crippen molar-refractivity contribution >= 4 is 5.82 Å². The molecule has 1 aromatic heterocycles. The van der Waals surface area contributed by atoms with Gasteiger partial charge in [0.1, 0.15) is 0 Å². The van der Waals surface area contributed by atoms with Crippen LogP contribution in [-0.2, 0) is 14.1 Å². The maximum atomic E-state index is 12.1. The smallest absolute Gasteiger partial charge is 0.361 e. The lowest BCUT2D eigenvalue weighted by atomic mass is 10.2. The maximum absolute atomic E-state index is 12.1. The van der Waals surface area contributed by atoms with E-state index in [1.54, 1.807) is 0 Å². The summed E-state index contributed by atoms with van der Waals surface area (Å²) in [6.45, 7) is 1.28. The van der Waals surface area contributed by atoms with Gasteiger partial charge < -0.3 is 5.32 Å². The molecule has 9 heteroatoms. The first-order valence-corrected chi connectivity index (χ1v) is 5.09. The summed E-state index contributed by atoms with van der Waals surface area (Å²) in [5.41, 5.74) is -1.40. The molecule has 18 heavy (non-hydrogen) atoms. The van der Waals surface area contributed by atoms with Gasteiger partial charge in [0.15, 0.2) is 0 Å². The molecule has 6 nitrogen and oxygen atoms in total. The number of nitrogens with one attached hydrogen (secondary N) is 1. The van der Waals surface area contributed by atoms with Crippen LogP contribution in [0.3, 0.4) is 0 Å². The van der Waals surface area contributed by atoms with Crippen LogP contribution in [0.15, 0.2) is 9.59 Å². The molecule has 1 aromatic rings. The molecule has 0 saturated heterocycles. The quantitative estimate of drug-likeness (QED) is 0.850. The van der Waals surface area contributed by atoms with Crippen molar-refractivity contribution < 1.29 is 13.2 Å². The number of hydrogen-bond acceptors (Lipinski definition) is 4. The number of rotatable bonds is 3. The molecule has 1 N–H and O–H groups in total. The summed E-state index contributed by atoms with van der Waals surface area (Å²) in [5, 5.41) is 5.95. The number of aromatic nitrogens is 3. The normalized spacial score (nSPS) is 13.4. The highest BCUT2D eigenvalue weighted by atomic mass is 19.4. The second-order valence-corrected chi connectivity index (χ2v) is 3.98. The number of aryl methyl sites for hydroxylation is 1. The topological polar surface area (TPSA) is 68.9 Å². The number of alkyl halides is 3. The average Bonchev–Trinajstić information content (AvgIpc) is 2.20. The van der Waals surface area contributed by atoms with E-state index in [1.807, 2.05) is 0 Å². The third-order valence-corrected chi connectivity index (χ3v) is 2.24. The SMILES string of the molecule is CC(CC(F)(F)F)Nc1nn(C)c(=O)n(C)c1=O. The summed E-state index contributed by atoms with van der Waals surface area (Å²) >= 11 is 0. The molecule has 0 aliphatic carbocycles. The molecule has 102 valence electrons. The maximum Gasteiger partial charge on any atom is 0.391 e. The highest BCUT2D eigenvalue weighted by Gasteiger charge is 2.30. The van der Waals surface area contributed by atoms with Gasteiger partial charge in [-0.05, 0) is 6.92 Å². The van der Waals surface area contributed by atoms with E-state index in [2.05, 4.69) is 10.4 Å². The van der Waals surface area contributed by atoms with Crippen molar-refractivity contribution in [1.29, 1.82) is 0 Å². The summed E-state index contributed by atoms with van der Waals surface area (Å²) < 4.78 is 38.1. The van der Waals surface area contributed by atoms with Crippen molar-refractivity contribution in [2.75, 3.05) is 5.32 Å². The Kier molecular flexibility index (Phi) is 3.82. The van der Waals surface area contributed by atoms with E-state index in [1.165, 1.54) is 21.0 Å². The summed E-state index contributed by atoms with van der Waals surface area (Å²) in [6.07, 6.45) is -5.43. The minimum absolute atomic E-state index is 0.281. The van der Waals surface area contributed by atoms with Crippen molar-refractivity contribution in [2.24, 2.45) is 14.1 Å². The van der Waals surface area contributed by atoms with Crippen molar-refractivity contribution in [3.8, 4) is 0 Å². The van der Waals surface area contributed by atoms with Gasteiger partial charge in [0.05, 0.1) is 6.42 Å². The zero-order valence-electron chi connectivity index (χ0n) is 10.1. The van der Waals surface area contributed by atoms with Crippen molar-refractivity contribution in [3.63, 3.8) is 0 Å². The predicted molar refractivity (Wildman–Crippen MR) is 58.5 cm³/mol. The van der Waals surface area contributed by atoms with E-state index >= 15 is 0 Å². The van der Waals surface area contributed by atoms with E-state index < -0.39 is 29.9 Å². The summed E-state index contributed by atoms with van der Waals surface area (Å²) in [6, 6.07) is -1.01. The fourth-order valence-electron chi connectivity index (χ4n) is 1.42. The minimum Gasteiger partial charge on any atom is -0.361 e. The summed E-state index contributed by atoms with van der Waals surface area (Å²) in [5.74, 6) is -0.281. The standard InChI is InChI=1S/C9H13F3N4O2/c1-5(4-9(10,11)12)13-6-7(17)15(2)8(18)16(3)14-6/h5H,4H2,1-3H3,(H,13,14). The van der Waals surface area contributed by atoms with E-state index in [9.17, 15) is 22.8 Å². The average molecular weight is 266 g/mol. The Hall–Kier alpha value is -1.80. The molecule has 0 aliphatic rings. The molecule has 1 heterocycles. The van der Waals surface area contributed by atoms with Gasteiger partial charge in [0, 0.05) is 20.1 Å². The number of halogens is 3. The number of anilines is 1. The fourth-order valence-corrected chi connectivity index (χ4v) is 1.42. The number of nitrogens with zero attached hydrogens (tertiary/aromatic N) is 3. The zero-order chi connectivity index (χ0) is 14.1. The molecular formula is C9H13F3N4O2. The van der Waals surface area contributed by atoms with E-state index in [0.717, 1.165) is 9.25 Å². The molecule has 0 radical (unpaired) electrons. The molecule has 0 aliphatic heterocycles. The molecule has 1 atom stereocenters. The lowest BCUT2D eigenvalue weighted by molar-refractivity contribution is -0.136. The van der Waals surface area contributed by atoms with Crippen LogP contribution in [0.2, 0.25) is 0 Å².